The number of nitrogens with zero attached hydrogens (tertiary/aromatic N) is 1. The molecule has 0 aliphatic carbocycles. The highest BCUT2D eigenvalue weighted by molar-refractivity contribution is 9.10. The SMILES string of the molecule is Cc1cc(Br)ccc1C=NS(=O)(=O)C(C)(C)C. The van der Waals surface area contributed by atoms with Crippen LogP contribution in [0.25, 0.3) is 0 Å². The molecule has 0 amide bonds. The van der Waals surface area contributed by atoms with Crippen LogP contribution >= 0.6 is 15.9 Å². The molecule has 1 aromatic rings. The minimum absolute atomic E-state index is 0.807. The highest BCUT2D eigenvalue weighted by Crippen LogP contribution is 2.18. The molecule has 0 spiro atoms. The van der Waals surface area contributed by atoms with Crippen molar-refractivity contribution in [2.24, 2.45) is 4.40 Å². The Morgan fingerprint density at radius 1 is 1.29 bits per heavy atom. The van der Waals surface area contributed by atoms with Crippen LogP contribution in [-0.2, 0) is 10.0 Å². The van der Waals surface area contributed by atoms with Gasteiger partial charge < -0.3 is 0 Å². The van der Waals surface area contributed by atoms with Gasteiger partial charge in [0.25, 0.3) is 10.0 Å². The fourth-order valence-electron chi connectivity index (χ4n) is 1.07. The molecular weight excluding hydrogens is 302 g/mol. The molecule has 0 unspecified atom stereocenters. The van der Waals surface area contributed by atoms with Crippen molar-refractivity contribution in [3.8, 4) is 0 Å². The summed E-state index contributed by atoms with van der Waals surface area (Å²) < 4.78 is 27.4. The van der Waals surface area contributed by atoms with Crippen molar-refractivity contribution in [2.75, 3.05) is 0 Å². The molecule has 0 heterocycles. The third-order valence-corrected chi connectivity index (χ3v) is 4.76. The Morgan fingerprint density at radius 3 is 2.35 bits per heavy atom. The van der Waals surface area contributed by atoms with E-state index in [9.17, 15) is 8.42 Å². The lowest BCUT2D eigenvalue weighted by Crippen LogP contribution is -2.25. The molecule has 5 heteroatoms. The number of hydrogen-bond acceptors (Lipinski definition) is 2. The van der Waals surface area contributed by atoms with Gasteiger partial charge in [-0.2, -0.15) is 4.40 Å². The number of rotatable bonds is 2. The second kappa shape index (κ2) is 4.90. The Balaban J connectivity index is 3.08. The normalized spacial score (nSPS) is 13.2. The Kier molecular flexibility index (Phi) is 4.15. The molecule has 0 atom stereocenters. The fraction of sp³-hybridized carbons (Fsp3) is 0.417. The van der Waals surface area contributed by atoms with Crippen LogP contribution in [0.1, 0.15) is 31.9 Å². The average Bonchev–Trinajstić information content (AvgIpc) is 2.14. The van der Waals surface area contributed by atoms with Gasteiger partial charge in [-0.1, -0.05) is 22.0 Å². The third kappa shape index (κ3) is 3.64. The quantitative estimate of drug-likeness (QED) is 0.786. The van der Waals surface area contributed by atoms with Crippen molar-refractivity contribution < 1.29 is 8.42 Å². The summed E-state index contributed by atoms with van der Waals surface area (Å²) in [7, 11) is -3.47. The summed E-state index contributed by atoms with van der Waals surface area (Å²) in [5, 5.41) is 0. The van der Waals surface area contributed by atoms with E-state index in [0.29, 0.717) is 0 Å². The van der Waals surface area contributed by atoms with Gasteiger partial charge in [0.15, 0.2) is 0 Å². The number of hydrogen-bond donors (Lipinski definition) is 0. The Morgan fingerprint density at radius 2 is 1.88 bits per heavy atom. The van der Waals surface area contributed by atoms with Crippen LogP contribution in [0.15, 0.2) is 27.1 Å². The van der Waals surface area contributed by atoms with Crippen molar-refractivity contribution in [1.29, 1.82) is 0 Å². The van der Waals surface area contributed by atoms with Crippen LogP contribution in [0.2, 0.25) is 0 Å². The second-order valence-corrected chi connectivity index (χ2v) is 8.12. The van der Waals surface area contributed by atoms with Crippen molar-refractivity contribution in [3.05, 3.63) is 33.8 Å². The van der Waals surface area contributed by atoms with Crippen molar-refractivity contribution in [2.45, 2.75) is 32.4 Å². The molecule has 0 aromatic heterocycles. The minimum Gasteiger partial charge on any atom is -0.204 e. The monoisotopic (exact) mass is 317 g/mol. The summed E-state index contributed by atoms with van der Waals surface area (Å²) in [6.07, 6.45) is 1.41. The predicted molar refractivity (Wildman–Crippen MR) is 75.1 cm³/mol. The van der Waals surface area contributed by atoms with Gasteiger partial charge in [-0.3, -0.25) is 0 Å². The molecular formula is C12H16BrNO2S. The Labute approximate surface area is 111 Å². The predicted octanol–water partition coefficient (Wildman–Crippen LogP) is 3.30. The highest BCUT2D eigenvalue weighted by atomic mass is 79.9. The van der Waals surface area contributed by atoms with Gasteiger partial charge in [0.1, 0.15) is 0 Å². The zero-order valence-corrected chi connectivity index (χ0v) is 12.8. The van der Waals surface area contributed by atoms with Gasteiger partial charge in [-0.05, 0) is 51.0 Å². The maximum Gasteiger partial charge on any atom is 0.258 e. The molecule has 94 valence electrons. The lowest BCUT2D eigenvalue weighted by Gasteiger charge is -2.14. The first kappa shape index (κ1) is 14.4. The molecule has 0 fully saturated rings. The number of aryl methyl sites for hydroxylation is 1. The summed E-state index contributed by atoms with van der Waals surface area (Å²) in [6.45, 7) is 6.81. The number of sulfonamides is 1. The van der Waals surface area contributed by atoms with E-state index in [4.69, 9.17) is 0 Å². The largest absolute Gasteiger partial charge is 0.258 e. The zero-order chi connectivity index (χ0) is 13.3. The molecule has 0 aliphatic rings. The van der Waals surface area contributed by atoms with Crippen LogP contribution in [0.4, 0.5) is 0 Å². The second-order valence-electron chi connectivity index (χ2n) is 4.82. The topological polar surface area (TPSA) is 46.5 Å². The molecule has 0 radical (unpaired) electrons. The standard InChI is InChI=1S/C12H16BrNO2S/c1-9-7-11(13)6-5-10(9)8-14-17(15,16)12(2,3)4/h5-8H,1-4H3. The van der Waals surface area contributed by atoms with E-state index in [1.807, 2.05) is 25.1 Å². The van der Waals surface area contributed by atoms with Crippen molar-refractivity contribution >= 4 is 32.2 Å². The maximum atomic E-state index is 11.8. The summed E-state index contributed by atoms with van der Waals surface area (Å²) in [4.78, 5) is 0. The molecule has 0 aliphatic heterocycles. The van der Waals surface area contributed by atoms with E-state index in [0.717, 1.165) is 15.6 Å². The lowest BCUT2D eigenvalue weighted by atomic mass is 10.1. The molecule has 0 saturated heterocycles. The third-order valence-electron chi connectivity index (χ3n) is 2.34. The Bertz CT molecular complexity index is 542. The van der Waals surface area contributed by atoms with Crippen LogP contribution in [-0.4, -0.2) is 19.4 Å². The zero-order valence-electron chi connectivity index (χ0n) is 10.4. The fourth-order valence-corrected chi connectivity index (χ4v) is 2.11. The van der Waals surface area contributed by atoms with Gasteiger partial charge in [0.2, 0.25) is 0 Å². The maximum absolute atomic E-state index is 11.8. The van der Waals surface area contributed by atoms with E-state index in [1.54, 1.807) is 20.8 Å². The summed E-state index contributed by atoms with van der Waals surface area (Å²) in [6, 6.07) is 5.62. The molecule has 0 N–H and O–H groups in total. The summed E-state index contributed by atoms with van der Waals surface area (Å²) >= 11 is 3.36. The molecule has 0 bridgehead atoms. The van der Waals surface area contributed by atoms with Gasteiger partial charge in [-0.25, -0.2) is 8.42 Å². The Hall–Kier alpha value is -0.680. The number of halogens is 1. The lowest BCUT2D eigenvalue weighted by molar-refractivity contribution is 0.562. The highest BCUT2D eigenvalue weighted by Gasteiger charge is 2.27. The van der Waals surface area contributed by atoms with Crippen LogP contribution in [0.5, 0.6) is 0 Å². The van der Waals surface area contributed by atoms with Crippen molar-refractivity contribution in [3.63, 3.8) is 0 Å². The molecule has 17 heavy (non-hydrogen) atoms. The molecule has 3 nitrogen and oxygen atoms in total. The van der Waals surface area contributed by atoms with E-state index >= 15 is 0 Å². The van der Waals surface area contributed by atoms with Crippen LogP contribution < -0.4 is 0 Å². The van der Waals surface area contributed by atoms with Crippen LogP contribution in [0, 0.1) is 6.92 Å². The van der Waals surface area contributed by atoms with E-state index in [1.165, 1.54) is 6.21 Å². The summed E-state index contributed by atoms with van der Waals surface area (Å²) in [5.41, 5.74) is 1.79. The van der Waals surface area contributed by atoms with Gasteiger partial charge in [0.05, 0.1) is 4.75 Å². The van der Waals surface area contributed by atoms with E-state index in [2.05, 4.69) is 20.3 Å². The minimum atomic E-state index is -3.47. The van der Waals surface area contributed by atoms with Gasteiger partial charge in [-0.15, -0.1) is 0 Å². The van der Waals surface area contributed by atoms with Gasteiger partial charge in [0, 0.05) is 10.7 Å². The smallest absolute Gasteiger partial charge is 0.204 e. The van der Waals surface area contributed by atoms with Crippen LogP contribution in [0.3, 0.4) is 0 Å². The van der Waals surface area contributed by atoms with E-state index in [-0.39, 0.29) is 0 Å². The first-order chi connectivity index (χ1) is 7.63. The molecule has 0 saturated carbocycles. The average molecular weight is 318 g/mol. The molecule has 1 aromatic carbocycles. The number of benzene rings is 1. The molecule has 1 rings (SSSR count). The van der Waals surface area contributed by atoms with Crippen molar-refractivity contribution in [1.82, 2.24) is 0 Å². The first-order valence-corrected chi connectivity index (χ1v) is 7.43. The first-order valence-electron chi connectivity index (χ1n) is 5.19. The summed E-state index contributed by atoms with van der Waals surface area (Å²) in [5.74, 6) is 0. The van der Waals surface area contributed by atoms with E-state index < -0.39 is 14.8 Å². The van der Waals surface area contributed by atoms with Gasteiger partial charge >= 0.3 is 0 Å².